The van der Waals surface area contributed by atoms with E-state index >= 15 is 0 Å². The molecule has 7 nitrogen and oxygen atoms in total. The molecule has 2 N–H and O–H groups in total. The SMILES string of the molecule is COC(=O)c1cccc(NC(=O)c2cc(NCc3ccccc3)nc(C)n2)c1. The molecule has 1 heterocycles. The molecule has 3 rings (SSSR count). The van der Waals surface area contributed by atoms with Gasteiger partial charge in [-0.1, -0.05) is 36.4 Å². The Balaban J connectivity index is 1.73. The summed E-state index contributed by atoms with van der Waals surface area (Å²) in [6, 6.07) is 18.0. The number of anilines is 2. The zero-order valence-electron chi connectivity index (χ0n) is 15.6. The maximum Gasteiger partial charge on any atom is 0.337 e. The van der Waals surface area contributed by atoms with E-state index in [2.05, 4.69) is 20.6 Å². The lowest BCUT2D eigenvalue weighted by Gasteiger charge is -2.10. The summed E-state index contributed by atoms with van der Waals surface area (Å²) in [6.45, 7) is 2.31. The van der Waals surface area contributed by atoms with Crippen molar-refractivity contribution >= 4 is 23.4 Å². The molecule has 0 saturated heterocycles. The minimum Gasteiger partial charge on any atom is -0.465 e. The summed E-state index contributed by atoms with van der Waals surface area (Å²) < 4.78 is 4.70. The molecule has 0 aliphatic heterocycles. The minimum atomic E-state index is -0.471. The topological polar surface area (TPSA) is 93.2 Å². The number of amides is 1. The van der Waals surface area contributed by atoms with Crippen LogP contribution in [0.2, 0.25) is 0 Å². The van der Waals surface area contributed by atoms with Crippen LogP contribution in [0, 0.1) is 6.92 Å². The summed E-state index contributed by atoms with van der Waals surface area (Å²) in [5, 5.41) is 5.94. The molecule has 0 radical (unpaired) electrons. The van der Waals surface area contributed by atoms with E-state index in [1.54, 1.807) is 37.3 Å². The zero-order valence-corrected chi connectivity index (χ0v) is 15.6. The normalized spacial score (nSPS) is 10.2. The van der Waals surface area contributed by atoms with E-state index in [9.17, 15) is 9.59 Å². The van der Waals surface area contributed by atoms with Crippen molar-refractivity contribution in [3.05, 3.63) is 83.3 Å². The second-order valence-corrected chi connectivity index (χ2v) is 6.05. The molecule has 0 unspecified atom stereocenters. The van der Waals surface area contributed by atoms with Gasteiger partial charge in [0.05, 0.1) is 12.7 Å². The molecule has 1 amide bonds. The van der Waals surface area contributed by atoms with Crippen LogP contribution in [0.3, 0.4) is 0 Å². The lowest BCUT2D eigenvalue weighted by molar-refractivity contribution is 0.0600. The van der Waals surface area contributed by atoms with Gasteiger partial charge in [-0.2, -0.15) is 0 Å². The summed E-state index contributed by atoms with van der Waals surface area (Å²) in [4.78, 5) is 32.8. The Hall–Kier alpha value is -3.74. The summed E-state index contributed by atoms with van der Waals surface area (Å²) in [5.74, 6) is 0.174. The molecule has 0 bridgehead atoms. The van der Waals surface area contributed by atoms with Crippen molar-refractivity contribution in [1.29, 1.82) is 0 Å². The van der Waals surface area contributed by atoms with Gasteiger partial charge in [0.15, 0.2) is 0 Å². The Morgan fingerprint density at radius 2 is 1.79 bits per heavy atom. The third-order valence-corrected chi connectivity index (χ3v) is 3.93. The molecule has 142 valence electrons. The molecule has 0 fully saturated rings. The number of nitrogens with zero attached hydrogens (tertiary/aromatic N) is 2. The Morgan fingerprint density at radius 3 is 2.54 bits per heavy atom. The smallest absolute Gasteiger partial charge is 0.337 e. The highest BCUT2D eigenvalue weighted by atomic mass is 16.5. The predicted octanol–water partition coefficient (Wildman–Crippen LogP) is 3.44. The molecule has 3 aromatic rings. The Bertz CT molecular complexity index is 990. The quantitative estimate of drug-likeness (QED) is 0.640. The third-order valence-electron chi connectivity index (χ3n) is 3.93. The van der Waals surface area contributed by atoms with E-state index in [-0.39, 0.29) is 5.69 Å². The van der Waals surface area contributed by atoms with E-state index in [1.165, 1.54) is 7.11 Å². The molecule has 1 aromatic heterocycles. The van der Waals surface area contributed by atoms with Crippen molar-refractivity contribution in [1.82, 2.24) is 9.97 Å². The Kier molecular flexibility index (Phi) is 5.96. The molecule has 28 heavy (non-hydrogen) atoms. The summed E-state index contributed by atoms with van der Waals surface area (Å²) in [7, 11) is 1.31. The van der Waals surface area contributed by atoms with Gasteiger partial charge in [-0.3, -0.25) is 4.79 Å². The van der Waals surface area contributed by atoms with Crippen LogP contribution < -0.4 is 10.6 Å². The first-order chi connectivity index (χ1) is 13.5. The van der Waals surface area contributed by atoms with E-state index in [0.29, 0.717) is 29.4 Å². The molecule has 0 aliphatic carbocycles. The van der Waals surface area contributed by atoms with Crippen LogP contribution in [0.1, 0.15) is 32.2 Å². The number of hydrogen-bond acceptors (Lipinski definition) is 6. The lowest BCUT2D eigenvalue weighted by atomic mass is 10.2. The number of aromatic nitrogens is 2. The zero-order chi connectivity index (χ0) is 19.9. The van der Waals surface area contributed by atoms with E-state index < -0.39 is 11.9 Å². The number of carbonyl (C=O) groups is 2. The minimum absolute atomic E-state index is 0.228. The number of hydrogen-bond donors (Lipinski definition) is 2. The van der Waals surface area contributed by atoms with E-state index in [4.69, 9.17) is 4.74 Å². The summed E-state index contributed by atoms with van der Waals surface area (Å²) in [5.41, 5.74) is 2.16. The first-order valence-corrected chi connectivity index (χ1v) is 8.68. The fraction of sp³-hybridized carbons (Fsp3) is 0.143. The number of esters is 1. The summed E-state index contributed by atoms with van der Waals surface area (Å²) in [6.07, 6.45) is 0. The van der Waals surface area contributed by atoms with Crippen molar-refractivity contribution < 1.29 is 14.3 Å². The monoisotopic (exact) mass is 376 g/mol. The van der Waals surface area contributed by atoms with Gasteiger partial charge in [0, 0.05) is 18.3 Å². The Morgan fingerprint density at radius 1 is 1.00 bits per heavy atom. The highest BCUT2D eigenvalue weighted by Gasteiger charge is 2.12. The van der Waals surface area contributed by atoms with E-state index in [0.717, 1.165) is 5.56 Å². The van der Waals surface area contributed by atoms with Gasteiger partial charge in [-0.25, -0.2) is 14.8 Å². The van der Waals surface area contributed by atoms with Crippen LogP contribution in [0.4, 0.5) is 11.5 Å². The van der Waals surface area contributed by atoms with Gasteiger partial charge < -0.3 is 15.4 Å². The van der Waals surface area contributed by atoms with Gasteiger partial charge in [-0.15, -0.1) is 0 Å². The highest BCUT2D eigenvalue weighted by molar-refractivity contribution is 6.04. The molecule has 0 atom stereocenters. The van der Waals surface area contributed by atoms with Crippen LogP contribution >= 0.6 is 0 Å². The number of nitrogens with one attached hydrogen (secondary N) is 2. The van der Waals surface area contributed by atoms with Gasteiger partial charge in [0.1, 0.15) is 17.3 Å². The summed E-state index contributed by atoms with van der Waals surface area (Å²) >= 11 is 0. The van der Waals surface area contributed by atoms with Gasteiger partial charge in [0.25, 0.3) is 5.91 Å². The van der Waals surface area contributed by atoms with Crippen LogP contribution in [0.15, 0.2) is 60.7 Å². The number of aryl methyl sites for hydroxylation is 1. The van der Waals surface area contributed by atoms with Crippen molar-refractivity contribution in [3.63, 3.8) is 0 Å². The molecule has 0 spiro atoms. The van der Waals surface area contributed by atoms with Crippen molar-refractivity contribution in [3.8, 4) is 0 Å². The van der Waals surface area contributed by atoms with Crippen molar-refractivity contribution in [2.45, 2.75) is 13.5 Å². The second kappa shape index (κ2) is 8.77. The number of benzene rings is 2. The molecular formula is C21H20N4O3. The Labute approximate surface area is 162 Å². The van der Waals surface area contributed by atoms with Crippen LogP contribution in [-0.4, -0.2) is 29.0 Å². The van der Waals surface area contributed by atoms with Crippen molar-refractivity contribution in [2.24, 2.45) is 0 Å². The highest BCUT2D eigenvalue weighted by Crippen LogP contribution is 2.14. The van der Waals surface area contributed by atoms with Gasteiger partial charge >= 0.3 is 5.97 Å². The molecule has 2 aromatic carbocycles. The number of ether oxygens (including phenoxy) is 1. The molecule has 0 saturated carbocycles. The van der Waals surface area contributed by atoms with Crippen LogP contribution in [0.25, 0.3) is 0 Å². The molecule has 0 aliphatic rings. The average Bonchev–Trinajstić information content (AvgIpc) is 2.72. The predicted molar refractivity (Wildman–Crippen MR) is 106 cm³/mol. The maximum atomic E-state index is 12.6. The first-order valence-electron chi connectivity index (χ1n) is 8.68. The fourth-order valence-electron chi connectivity index (χ4n) is 2.60. The lowest BCUT2D eigenvalue weighted by Crippen LogP contribution is -2.16. The van der Waals surface area contributed by atoms with Crippen molar-refractivity contribution in [2.75, 3.05) is 17.7 Å². The van der Waals surface area contributed by atoms with Gasteiger partial charge in [-0.05, 0) is 30.7 Å². The first kappa shape index (κ1) is 19.0. The number of carbonyl (C=O) groups excluding carboxylic acids is 2. The average molecular weight is 376 g/mol. The van der Waals surface area contributed by atoms with E-state index in [1.807, 2.05) is 30.3 Å². The second-order valence-electron chi connectivity index (χ2n) is 6.05. The maximum absolute atomic E-state index is 12.6. The fourth-order valence-corrected chi connectivity index (χ4v) is 2.60. The van der Waals surface area contributed by atoms with Gasteiger partial charge in [0.2, 0.25) is 0 Å². The molecular weight excluding hydrogens is 356 g/mol. The van der Waals surface area contributed by atoms with Crippen LogP contribution in [0.5, 0.6) is 0 Å². The molecule has 7 heteroatoms. The third kappa shape index (κ3) is 4.91. The number of rotatable bonds is 6. The van der Waals surface area contributed by atoms with Crippen LogP contribution in [-0.2, 0) is 11.3 Å². The number of methoxy groups -OCH3 is 1. The standard InChI is InChI=1S/C21H20N4O3/c1-14-23-18(12-19(24-14)22-13-15-7-4-3-5-8-15)20(26)25-17-10-6-9-16(11-17)21(27)28-2/h3-12H,13H2,1-2H3,(H,25,26)(H,22,23,24). The largest absolute Gasteiger partial charge is 0.465 e.